The van der Waals surface area contributed by atoms with Crippen LogP contribution in [0.5, 0.6) is 0 Å². The zero-order valence-electron chi connectivity index (χ0n) is 11.4. The van der Waals surface area contributed by atoms with Crippen LogP contribution in [0.15, 0.2) is 17.5 Å². The Labute approximate surface area is 110 Å². The molecule has 0 atom stereocenters. The average molecular weight is 254 g/mol. The third-order valence-corrected chi connectivity index (χ3v) is 3.56. The van der Waals surface area contributed by atoms with Crippen molar-refractivity contribution in [1.29, 1.82) is 0 Å². The van der Waals surface area contributed by atoms with Gasteiger partial charge in [0.2, 0.25) is 0 Å². The number of unbranched alkanes of at least 4 members (excludes halogenated alkanes) is 1. The highest BCUT2D eigenvalue weighted by molar-refractivity contribution is 7.09. The number of hydrogen-bond donors (Lipinski definition) is 1. The summed E-state index contributed by atoms with van der Waals surface area (Å²) in [6.45, 7) is 9.10. The van der Waals surface area contributed by atoms with Crippen LogP contribution in [0.2, 0.25) is 0 Å². The Morgan fingerprint density at radius 3 is 2.82 bits per heavy atom. The van der Waals surface area contributed by atoms with Gasteiger partial charge in [-0.3, -0.25) is 0 Å². The average Bonchev–Trinajstić information content (AvgIpc) is 2.75. The Hall–Kier alpha value is -0.380. The minimum atomic E-state index is 0.761. The van der Waals surface area contributed by atoms with Gasteiger partial charge >= 0.3 is 0 Å². The van der Waals surface area contributed by atoms with E-state index in [0.29, 0.717) is 0 Å². The maximum atomic E-state index is 3.49. The first-order valence-corrected chi connectivity index (χ1v) is 7.48. The van der Waals surface area contributed by atoms with Crippen molar-refractivity contribution >= 4 is 11.3 Å². The van der Waals surface area contributed by atoms with E-state index in [2.05, 4.69) is 48.6 Å². The van der Waals surface area contributed by atoms with Crippen LogP contribution in [0.3, 0.4) is 0 Å². The topological polar surface area (TPSA) is 15.3 Å². The molecule has 17 heavy (non-hydrogen) atoms. The minimum absolute atomic E-state index is 0.761. The van der Waals surface area contributed by atoms with Crippen LogP contribution >= 0.6 is 11.3 Å². The summed E-state index contributed by atoms with van der Waals surface area (Å²) in [5.41, 5.74) is 0. The summed E-state index contributed by atoms with van der Waals surface area (Å²) in [7, 11) is 2.21. The van der Waals surface area contributed by atoms with Crippen molar-refractivity contribution in [1.82, 2.24) is 10.2 Å². The molecule has 1 heterocycles. The summed E-state index contributed by atoms with van der Waals surface area (Å²) < 4.78 is 0. The molecule has 0 amide bonds. The maximum absolute atomic E-state index is 3.49. The first-order chi connectivity index (χ1) is 8.18. The quantitative estimate of drug-likeness (QED) is 0.681. The fourth-order valence-electron chi connectivity index (χ4n) is 1.77. The molecule has 1 aromatic rings. The van der Waals surface area contributed by atoms with Gasteiger partial charge in [-0.05, 0) is 56.9 Å². The Kier molecular flexibility index (Phi) is 7.49. The highest BCUT2D eigenvalue weighted by Gasteiger charge is 2.00. The Bertz CT molecular complexity index is 270. The molecule has 0 unspecified atom stereocenters. The summed E-state index contributed by atoms with van der Waals surface area (Å²) in [6, 6.07) is 4.34. The van der Waals surface area contributed by atoms with Crippen LogP contribution in [-0.2, 0) is 6.54 Å². The molecule has 98 valence electrons. The first-order valence-electron chi connectivity index (χ1n) is 6.60. The van der Waals surface area contributed by atoms with Gasteiger partial charge in [0.05, 0.1) is 0 Å². The lowest BCUT2D eigenvalue weighted by Crippen LogP contribution is -2.23. The van der Waals surface area contributed by atoms with Crippen LogP contribution < -0.4 is 5.32 Å². The van der Waals surface area contributed by atoms with Gasteiger partial charge in [-0.15, -0.1) is 11.3 Å². The minimum Gasteiger partial charge on any atom is -0.316 e. The Balaban J connectivity index is 1.95. The molecule has 0 aliphatic heterocycles. The van der Waals surface area contributed by atoms with Crippen molar-refractivity contribution in [3.63, 3.8) is 0 Å². The van der Waals surface area contributed by atoms with Crippen molar-refractivity contribution in [2.24, 2.45) is 5.92 Å². The lowest BCUT2D eigenvalue weighted by molar-refractivity contribution is 0.320. The molecule has 3 heteroatoms. The Morgan fingerprint density at radius 2 is 2.18 bits per heavy atom. The molecule has 1 N–H and O–H groups in total. The van der Waals surface area contributed by atoms with Crippen molar-refractivity contribution < 1.29 is 0 Å². The fraction of sp³-hybridized carbons (Fsp3) is 0.714. The number of nitrogens with one attached hydrogen (secondary N) is 1. The van der Waals surface area contributed by atoms with E-state index in [9.17, 15) is 0 Å². The van der Waals surface area contributed by atoms with E-state index in [0.717, 1.165) is 25.6 Å². The molecule has 2 nitrogen and oxygen atoms in total. The monoisotopic (exact) mass is 254 g/mol. The molecule has 0 saturated carbocycles. The Morgan fingerprint density at radius 1 is 1.35 bits per heavy atom. The molecule has 1 rings (SSSR count). The smallest absolute Gasteiger partial charge is 0.0324 e. The van der Waals surface area contributed by atoms with E-state index in [1.807, 2.05) is 11.3 Å². The van der Waals surface area contributed by atoms with E-state index >= 15 is 0 Å². The molecule has 0 aliphatic rings. The second kappa shape index (κ2) is 8.67. The van der Waals surface area contributed by atoms with Gasteiger partial charge in [0.1, 0.15) is 0 Å². The first kappa shape index (κ1) is 14.7. The predicted octanol–water partition coefficient (Wildman–Crippen LogP) is 3.21. The molecular weight excluding hydrogens is 228 g/mol. The van der Waals surface area contributed by atoms with E-state index < -0.39 is 0 Å². The number of rotatable bonds is 9. The van der Waals surface area contributed by atoms with Gasteiger partial charge in [-0.1, -0.05) is 19.9 Å². The molecule has 0 saturated heterocycles. The number of nitrogens with zero attached hydrogens (tertiary/aromatic N) is 1. The zero-order chi connectivity index (χ0) is 12.5. The van der Waals surface area contributed by atoms with Crippen LogP contribution in [-0.4, -0.2) is 31.6 Å². The number of thiophene rings is 1. The number of hydrogen-bond acceptors (Lipinski definition) is 3. The molecule has 1 aromatic heterocycles. The maximum Gasteiger partial charge on any atom is 0.0324 e. The van der Waals surface area contributed by atoms with E-state index in [-0.39, 0.29) is 0 Å². The van der Waals surface area contributed by atoms with Gasteiger partial charge in [0, 0.05) is 11.4 Å². The largest absolute Gasteiger partial charge is 0.316 e. The van der Waals surface area contributed by atoms with Crippen molar-refractivity contribution in [3.8, 4) is 0 Å². The van der Waals surface area contributed by atoms with Gasteiger partial charge in [-0.2, -0.15) is 0 Å². The van der Waals surface area contributed by atoms with Gasteiger partial charge in [0.15, 0.2) is 0 Å². The highest BCUT2D eigenvalue weighted by Crippen LogP contribution is 2.10. The van der Waals surface area contributed by atoms with Crippen molar-refractivity contribution in [3.05, 3.63) is 22.4 Å². The SMILES string of the molecule is CC(C)CNCCCCN(C)Cc1cccs1. The molecule has 0 aromatic carbocycles. The van der Waals surface area contributed by atoms with Crippen LogP contribution in [0.4, 0.5) is 0 Å². The molecule has 0 radical (unpaired) electrons. The standard InChI is InChI=1S/C14H26N2S/c1-13(2)11-15-8-4-5-9-16(3)12-14-7-6-10-17-14/h6-7,10,13,15H,4-5,8-9,11-12H2,1-3H3. The summed E-state index contributed by atoms with van der Waals surface area (Å²) >= 11 is 1.85. The van der Waals surface area contributed by atoms with E-state index in [1.54, 1.807) is 0 Å². The van der Waals surface area contributed by atoms with Crippen LogP contribution in [0.1, 0.15) is 31.6 Å². The highest BCUT2D eigenvalue weighted by atomic mass is 32.1. The predicted molar refractivity (Wildman–Crippen MR) is 77.6 cm³/mol. The molecule has 0 aliphatic carbocycles. The lowest BCUT2D eigenvalue weighted by atomic mass is 10.2. The third kappa shape index (κ3) is 7.53. The summed E-state index contributed by atoms with van der Waals surface area (Å²) in [5.74, 6) is 0.761. The van der Waals surface area contributed by atoms with E-state index in [1.165, 1.54) is 24.3 Å². The van der Waals surface area contributed by atoms with Crippen LogP contribution in [0.25, 0.3) is 0 Å². The van der Waals surface area contributed by atoms with Gasteiger partial charge in [-0.25, -0.2) is 0 Å². The van der Waals surface area contributed by atoms with Crippen molar-refractivity contribution in [2.45, 2.75) is 33.2 Å². The molecule has 0 spiro atoms. The van der Waals surface area contributed by atoms with Crippen LogP contribution in [0, 0.1) is 5.92 Å². The third-order valence-electron chi connectivity index (χ3n) is 2.70. The second-order valence-electron chi connectivity index (χ2n) is 5.12. The van der Waals surface area contributed by atoms with E-state index in [4.69, 9.17) is 0 Å². The van der Waals surface area contributed by atoms with Gasteiger partial charge in [0.25, 0.3) is 0 Å². The molecule has 0 bridgehead atoms. The zero-order valence-corrected chi connectivity index (χ0v) is 12.2. The summed E-state index contributed by atoms with van der Waals surface area (Å²) in [6.07, 6.45) is 2.56. The summed E-state index contributed by atoms with van der Waals surface area (Å²) in [4.78, 5) is 3.87. The second-order valence-corrected chi connectivity index (χ2v) is 6.15. The van der Waals surface area contributed by atoms with Crippen molar-refractivity contribution in [2.75, 3.05) is 26.7 Å². The fourth-order valence-corrected chi connectivity index (χ4v) is 2.55. The molecule has 0 fully saturated rings. The summed E-state index contributed by atoms with van der Waals surface area (Å²) in [5, 5.41) is 5.64. The molecular formula is C14H26N2S. The van der Waals surface area contributed by atoms with Gasteiger partial charge < -0.3 is 10.2 Å². The lowest BCUT2D eigenvalue weighted by Gasteiger charge is -2.15. The normalized spacial score (nSPS) is 11.6.